The van der Waals surface area contributed by atoms with Gasteiger partial charge in [-0.15, -0.1) is 0 Å². The summed E-state index contributed by atoms with van der Waals surface area (Å²) < 4.78 is 5.57. The van der Waals surface area contributed by atoms with E-state index in [9.17, 15) is 9.59 Å². The molecule has 0 aliphatic heterocycles. The Hall–Kier alpha value is -1.95. The summed E-state index contributed by atoms with van der Waals surface area (Å²) in [7, 11) is 3.28. The summed E-state index contributed by atoms with van der Waals surface area (Å²) in [6.45, 7) is 1.56. The summed E-state index contributed by atoms with van der Waals surface area (Å²) in [5, 5.41) is 3.52. The first kappa shape index (κ1) is 20.4. The smallest absolute Gasteiger partial charge is 0.265 e. The van der Waals surface area contributed by atoms with Gasteiger partial charge in [0.2, 0.25) is 0 Å². The van der Waals surface area contributed by atoms with Gasteiger partial charge in [-0.2, -0.15) is 0 Å². The lowest BCUT2D eigenvalue weighted by atomic mass is 10.1. The molecule has 0 aliphatic rings. The normalized spacial score (nSPS) is 11.6. The Morgan fingerprint density at radius 3 is 2.42 bits per heavy atom. The van der Waals surface area contributed by atoms with E-state index in [1.807, 2.05) is 0 Å². The molecule has 0 fully saturated rings. The minimum Gasteiger partial charge on any atom is -0.479 e. The lowest BCUT2D eigenvalue weighted by molar-refractivity contribution is -0.122. The highest BCUT2D eigenvalue weighted by atomic mass is 35.5. The highest BCUT2D eigenvalue weighted by Gasteiger charge is 2.19. The third kappa shape index (κ3) is 4.81. The van der Waals surface area contributed by atoms with Crippen LogP contribution in [-0.4, -0.2) is 36.9 Å². The molecule has 0 radical (unpaired) electrons. The van der Waals surface area contributed by atoms with Crippen molar-refractivity contribution < 1.29 is 14.3 Å². The van der Waals surface area contributed by atoms with Gasteiger partial charge in [0.15, 0.2) is 6.10 Å². The average molecular weight is 416 g/mol. The topological polar surface area (TPSA) is 58.6 Å². The van der Waals surface area contributed by atoms with E-state index in [1.54, 1.807) is 51.4 Å². The Morgan fingerprint density at radius 2 is 1.77 bits per heavy atom. The van der Waals surface area contributed by atoms with Gasteiger partial charge in [-0.3, -0.25) is 9.59 Å². The molecule has 1 N–H and O–H groups in total. The van der Waals surface area contributed by atoms with Crippen LogP contribution in [0.25, 0.3) is 0 Å². The number of nitrogens with one attached hydrogen (secondary N) is 1. The Balaban J connectivity index is 2.15. The van der Waals surface area contributed by atoms with Crippen molar-refractivity contribution in [2.24, 2.45) is 0 Å². The van der Waals surface area contributed by atoms with E-state index in [1.165, 1.54) is 11.0 Å². The first-order valence-electron chi connectivity index (χ1n) is 7.63. The number of carbonyl (C=O) groups excluding carboxylic acids is 2. The van der Waals surface area contributed by atoms with Gasteiger partial charge in [-0.25, -0.2) is 0 Å². The minimum absolute atomic E-state index is 0.202. The molecule has 0 bridgehead atoms. The molecule has 2 aromatic rings. The molecule has 0 saturated carbocycles. The fraction of sp³-hybridized carbons (Fsp3) is 0.222. The van der Waals surface area contributed by atoms with Crippen LogP contribution in [0.15, 0.2) is 36.4 Å². The van der Waals surface area contributed by atoms with Gasteiger partial charge in [0.25, 0.3) is 11.8 Å². The molecule has 2 aromatic carbocycles. The Labute approximate surface area is 166 Å². The van der Waals surface area contributed by atoms with E-state index < -0.39 is 12.0 Å². The van der Waals surface area contributed by atoms with Crippen LogP contribution in [0.5, 0.6) is 5.75 Å². The number of hydrogen-bond acceptors (Lipinski definition) is 3. The fourth-order valence-electron chi connectivity index (χ4n) is 2.07. The second kappa shape index (κ2) is 8.62. The van der Waals surface area contributed by atoms with Gasteiger partial charge in [-0.1, -0.05) is 40.9 Å². The number of halogens is 3. The average Bonchev–Trinajstić information content (AvgIpc) is 2.60. The fourth-order valence-corrected chi connectivity index (χ4v) is 2.57. The van der Waals surface area contributed by atoms with Crippen LogP contribution in [0.2, 0.25) is 15.1 Å². The van der Waals surface area contributed by atoms with Gasteiger partial charge in [0.1, 0.15) is 10.8 Å². The van der Waals surface area contributed by atoms with Crippen molar-refractivity contribution >= 4 is 52.3 Å². The van der Waals surface area contributed by atoms with Crippen molar-refractivity contribution in [3.05, 3.63) is 57.0 Å². The standard InChI is InChI=1S/C18H17Cl3N2O3/c1-10(26-15-6-4-5-13(20)16(15)21)17(24)22-14-9-11(7-8-12(14)19)18(25)23(2)3/h4-10H,1-3H3,(H,22,24)/t10-/m0/s1. The van der Waals surface area contributed by atoms with E-state index in [-0.39, 0.29) is 10.9 Å². The lowest BCUT2D eigenvalue weighted by Gasteiger charge is -2.17. The number of ether oxygens (including phenoxy) is 1. The molecule has 26 heavy (non-hydrogen) atoms. The van der Waals surface area contributed by atoms with Crippen molar-refractivity contribution in [2.75, 3.05) is 19.4 Å². The molecule has 0 saturated heterocycles. The Kier molecular flexibility index (Phi) is 6.75. The molecule has 5 nitrogen and oxygen atoms in total. The number of carbonyl (C=O) groups is 2. The predicted octanol–water partition coefficient (Wildman–Crippen LogP) is 4.75. The SMILES string of the molecule is C[C@H](Oc1cccc(Cl)c1Cl)C(=O)Nc1cc(C(=O)N(C)C)ccc1Cl. The van der Waals surface area contributed by atoms with Crippen LogP contribution >= 0.6 is 34.8 Å². The van der Waals surface area contributed by atoms with E-state index in [0.29, 0.717) is 27.0 Å². The number of hydrogen-bond donors (Lipinski definition) is 1. The van der Waals surface area contributed by atoms with E-state index in [2.05, 4.69) is 5.32 Å². The summed E-state index contributed by atoms with van der Waals surface area (Å²) in [6, 6.07) is 9.55. The van der Waals surface area contributed by atoms with Gasteiger partial charge < -0.3 is 15.0 Å². The van der Waals surface area contributed by atoms with E-state index in [4.69, 9.17) is 39.5 Å². The second-order valence-electron chi connectivity index (χ2n) is 5.70. The van der Waals surface area contributed by atoms with Crippen LogP contribution < -0.4 is 10.1 Å². The zero-order valence-corrected chi connectivity index (χ0v) is 16.6. The van der Waals surface area contributed by atoms with Crippen LogP contribution in [-0.2, 0) is 4.79 Å². The molecule has 2 rings (SSSR count). The Morgan fingerprint density at radius 1 is 1.08 bits per heavy atom. The maximum atomic E-state index is 12.4. The van der Waals surface area contributed by atoms with Gasteiger partial charge >= 0.3 is 0 Å². The predicted molar refractivity (Wildman–Crippen MR) is 105 cm³/mol. The molecule has 138 valence electrons. The number of benzene rings is 2. The third-order valence-corrected chi connectivity index (χ3v) is 4.60. The van der Waals surface area contributed by atoms with Crippen molar-refractivity contribution in [1.82, 2.24) is 4.90 Å². The lowest BCUT2D eigenvalue weighted by Crippen LogP contribution is -2.30. The molecular formula is C18H17Cl3N2O3. The van der Waals surface area contributed by atoms with E-state index in [0.717, 1.165) is 0 Å². The number of amides is 2. The maximum Gasteiger partial charge on any atom is 0.265 e. The molecule has 0 aromatic heterocycles. The van der Waals surface area contributed by atoms with E-state index >= 15 is 0 Å². The summed E-state index contributed by atoms with van der Waals surface area (Å²) in [5.41, 5.74) is 0.721. The molecule has 0 heterocycles. The van der Waals surface area contributed by atoms with Crippen molar-refractivity contribution in [2.45, 2.75) is 13.0 Å². The number of rotatable bonds is 5. The van der Waals surface area contributed by atoms with Crippen molar-refractivity contribution in [3.63, 3.8) is 0 Å². The van der Waals surface area contributed by atoms with Crippen LogP contribution in [0.3, 0.4) is 0 Å². The molecule has 8 heteroatoms. The quantitative estimate of drug-likeness (QED) is 0.766. The highest BCUT2D eigenvalue weighted by molar-refractivity contribution is 6.42. The first-order valence-corrected chi connectivity index (χ1v) is 8.77. The second-order valence-corrected chi connectivity index (χ2v) is 6.89. The molecule has 2 amide bonds. The highest BCUT2D eigenvalue weighted by Crippen LogP contribution is 2.32. The van der Waals surface area contributed by atoms with Crippen molar-refractivity contribution in [1.29, 1.82) is 0 Å². The monoisotopic (exact) mass is 414 g/mol. The summed E-state index contributed by atoms with van der Waals surface area (Å²) in [5.74, 6) is -0.353. The zero-order chi connectivity index (χ0) is 19.4. The third-order valence-electron chi connectivity index (χ3n) is 3.47. The maximum absolute atomic E-state index is 12.4. The molecule has 0 spiro atoms. The minimum atomic E-state index is -0.866. The summed E-state index contributed by atoms with van der Waals surface area (Å²) >= 11 is 18.1. The van der Waals surface area contributed by atoms with Crippen molar-refractivity contribution in [3.8, 4) is 5.75 Å². The number of nitrogens with zero attached hydrogens (tertiary/aromatic N) is 1. The molecule has 0 unspecified atom stereocenters. The number of anilines is 1. The van der Waals surface area contributed by atoms with Crippen LogP contribution in [0.1, 0.15) is 17.3 Å². The van der Waals surface area contributed by atoms with Crippen LogP contribution in [0, 0.1) is 0 Å². The summed E-state index contributed by atoms with van der Waals surface area (Å²) in [6.07, 6.45) is -0.866. The van der Waals surface area contributed by atoms with Gasteiger partial charge in [0.05, 0.1) is 15.7 Å². The largest absolute Gasteiger partial charge is 0.479 e. The molecule has 1 atom stereocenters. The molecule has 0 aliphatic carbocycles. The van der Waals surface area contributed by atoms with Gasteiger partial charge in [0, 0.05) is 19.7 Å². The van der Waals surface area contributed by atoms with Gasteiger partial charge in [-0.05, 0) is 37.3 Å². The molecular weight excluding hydrogens is 399 g/mol. The zero-order valence-electron chi connectivity index (χ0n) is 14.3. The van der Waals surface area contributed by atoms with Crippen LogP contribution in [0.4, 0.5) is 5.69 Å². The Bertz CT molecular complexity index is 840. The summed E-state index contributed by atoms with van der Waals surface area (Å²) in [4.78, 5) is 25.9. The first-order chi connectivity index (χ1) is 12.2.